The van der Waals surface area contributed by atoms with E-state index in [1.807, 2.05) is 6.92 Å². The van der Waals surface area contributed by atoms with Crippen molar-refractivity contribution in [3.8, 4) is 0 Å². The van der Waals surface area contributed by atoms with E-state index in [0.29, 0.717) is 17.1 Å². The fraction of sp³-hybridized carbons (Fsp3) is 0.750. The molecule has 1 unspecified atom stereocenters. The van der Waals surface area contributed by atoms with E-state index in [-0.39, 0.29) is 0 Å². The molecule has 1 aromatic rings. The molecular formula is C16H25ClN4. The maximum Gasteiger partial charge on any atom is 0.137 e. The SMILES string of the molecule is Cc1c(Cl)nc(C(C)C)nc1N1CCC(N2CCCC2)C1. The lowest BCUT2D eigenvalue weighted by atomic mass is 10.2. The zero-order valence-corrected chi connectivity index (χ0v) is 14.0. The van der Waals surface area contributed by atoms with E-state index in [9.17, 15) is 0 Å². The molecule has 3 rings (SSSR count). The molecule has 5 heteroatoms. The Morgan fingerprint density at radius 3 is 2.52 bits per heavy atom. The molecule has 21 heavy (non-hydrogen) atoms. The first-order valence-corrected chi connectivity index (χ1v) is 8.47. The van der Waals surface area contributed by atoms with Crippen LogP contribution in [0.15, 0.2) is 0 Å². The number of rotatable bonds is 3. The van der Waals surface area contributed by atoms with E-state index >= 15 is 0 Å². The van der Waals surface area contributed by atoms with Gasteiger partial charge in [0.2, 0.25) is 0 Å². The molecule has 2 saturated heterocycles. The van der Waals surface area contributed by atoms with E-state index in [1.165, 1.54) is 32.4 Å². The van der Waals surface area contributed by atoms with Gasteiger partial charge in [0.05, 0.1) is 0 Å². The fourth-order valence-corrected chi connectivity index (χ4v) is 3.57. The second kappa shape index (κ2) is 6.09. The number of anilines is 1. The quantitative estimate of drug-likeness (QED) is 0.803. The molecule has 1 aromatic heterocycles. The lowest BCUT2D eigenvalue weighted by molar-refractivity contribution is 0.260. The number of halogens is 1. The van der Waals surface area contributed by atoms with Crippen LogP contribution < -0.4 is 4.90 Å². The van der Waals surface area contributed by atoms with Crippen molar-refractivity contribution < 1.29 is 0 Å². The predicted octanol–water partition coefficient (Wildman–Crippen LogP) is 3.24. The minimum Gasteiger partial charge on any atom is -0.355 e. The molecule has 0 radical (unpaired) electrons. The van der Waals surface area contributed by atoms with Gasteiger partial charge in [-0.3, -0.25) is 4.90 Å². The third kappa shape index (κ3) is 3.02. The molecule has 0 N–H and O–H groups in total. The summed E-state index contributed by atoms with van der Waals surface area (Å²) in [6, 6.07) is 0.683. The molecule has 3 heterocycles. The van der Waals surface area contributed by atoms with Crippen molar-refractivity contribution in [1.82, 2.24) is 14.9 Å². The zero-order chi connectivity index (χ0) is 15.0. The molecular weight excluding hydrogens is 284 g/mol. The van der Waals surface area contributed by atoms with E-state index in [1.54, 1.807) is 0 Å². The highest BCUT2D eigenvalue weighted by Crippen LogP contribution is 2.30. The van der Waals surface area contributed by atoms with Crippen LogP contribution in [0.5, 0.6) is 0 Å². The van der Waals surface area contributed by atoms with E-state index in [4.69, 9.17) is 16.6 Å². The molecule has 4 nitrogen and oxygen atoms in total. The Balaban J connectivity index is 1.80. The van der Waals surface area contributed by atoms with Crippen LogP contribution in [0, 0.1) is 6.92 Å². The maximum atomic E-state index is 6.32. The van der Waals surface area contributed by atoms with Gasteiger partial charge in [0.15, 0.2) is 0 Å². The van der Waals surface area contributed by atoms with Crippen LogP contribution in [0.2, 0.25) is 5.15 Å². The third-order valence-electron chi connectivity index (χ3n) is 4.71. The van der Waals surface area contributed by atoms with Gasteiger partial charge in [-0.1, -0.05) is 25.4 Å². The molecule has 0 bridgehead atoms. The van der Waals surface area contributed by atoms with Crippen LogP contribution in [0.3, 0.4) is 0 Å². The number of likely N-dealkylation sites (tertiary alicyclic amines) is 1. The van der Waals surface area contributed by atoms with Crippen LogP contribution >= 0.6 is 11.6 Å². The van der Waals surface area contributed by atoms with Crippen LogP contribution in [-0.4, -0.2) is 47.1 Å². The van der Waals surface area contributed by atoms with E-state index < -0.39 is 0 Å². The highest BCUT2D eigenvalue weighted by molar-refractivity contribution is 6.30. The first-order chi connectivity index (χ1) is 10.1. The molecule has 2 fully saturated rings. The third-order valence-corrected chi connectivity index (χ3v) is 5.08. The smallest absolute Gasteiger partial charge is 0.137 e. The van der Waals surface area contributed by atoms with Gasteiger partial charge >= 0.3 is 0 Å². The Labute approximate surface area is 132 Å². The lowest BCUT2D eigenvalue weighted by Crippen LogP contribution is -2.35. The molecule has 116 valence electrons. The van der Waals surface area contributed by atoms with Crippen molar-refractivity contribution in [2.45, 2.75) is 52.0 Å². The number of hydrogen-bond donors (Lipinski definition) is 0. The standard InChI is InChI=1S/C16H25ClN4/c1-11(2)15-18-14(17)12(3)16(19-15)21-9-6-13(10-21)20-7-4-5-8-20/h11,13H,4-10H2,1-3H3. The minimum absolute atomic E-state index is 0.304. The molecule has 0 spiro atoms. The van der Waals surface area contributed by atoms with Gasteiger partial charge in [-0.05, 0) is 39.3 Å². The minimum atomic E-state index is 0.304. The number of aromatic nitrogens is 2. The van der Waals surface area contributed by atoms with Gasteiger partial charge in [-0.15, -0.1) is 0 Å². The van der Waals surface area contributed by atoms with Gasteiger partial charge < -0.3 is 4.90 Å². The Hall–Kier alpha value is -0.870. The Bertz CT molecular complexity index is 511. The average Bonchev–Trinajstić information content (AvgIpc) is 3.10. The topological polar surface area (TPSA) is 32.3 Å². The molecule has 0 aliphatic carbocycles. The van der Waals surface area contributed by atoms with Crippen molar-refractivity contribution in [2.24, 2.45) is 0 Å². The van der Waals surface area contributed by atoms with Gasteiger partial charge in [0.25, 0.3) is 0 Å². The van der Waals surface area contributed by atoms with Gasteiger partial charge in [0.1, 0.15) is 16.8 Å². The summed E-state index contributed by atoms with van der Waals surface area (Å²) in [5.41, 5.74) is 1.02. The van der Waals surface area contributed by atoms with E-state index in [2.05, 4.69) is 28.6 Å². The first kappa shape index (κ1) is 15.0. The van der Waals surface area contributed by atoms with Crippen LogP contribution in [0.4, 0.5) is 5.82 Å². The highest BCUT2D eigenvalue weighted by atomic mass is 35.5. The number of nitrogens with zero attached hydrogens (tertiary/aromatic N) is 4. The Morgan fingerprint density at radius 1 is 1.14 bits per heavy atom. The molecule has 1 atom stereocenters. The maximum absolute atomic E-state index is 6.32. The van der Waals surface area contributed by atoms with Gasteiger partial charge in [-0.25, -0.2) is 9.97 Å². The largest absolute Gasteiger partial charge is 0.355 e. The monoisotopic (exact) mass is 308 g/mol. The summed E-state index contributed by atoms with van der Waals surface area (Å²) in [7, 11) is 0. The van der Waals surface area contributed by atoms with Crippen molar-refractivity contribution >= 4 is 17.4 Å². The van der Waals surface area contributed by atoms with E-state index in [0.717, 1.165) is 30.3 Å². The molecule has 0 aromatic carbocycles. The summed E-state index contributed by atoms with van der Waals surface area (Å²) in [6.07, 6.45) is 3.94. The second-order valence-electron chi connectivity index (χ2n) is 6.61. The van der Waals surface area contributed by atoms with Crippen molar-refractivity contribution in [3.63, 3.8) is 0 Å². The van der Waals surface area contributed by atoms with Crippen LogP contribution in [0.1, 0.15) is 50.4 Å². The molecule has 0 amide bonds. The first-order valence-electron chi connectivity index (χ1n) is 8.09. The van der Waals surface area contributed by atoms with Crippen molar-refractivity contribution in [1.29, 1.82) is 0 Å². The highest BCUT2D eigenvalue weighted by Gasteiger charge is 2.31. The fourth-order valence-electron chi connectivity index (χ4n) is 3.40. The normalized spacial score (nSPS) is 23.5. The van der Waals surface area contributed by atoms with Gasteiger partial charge in [-0.2, -0.15) is 0 Å². The predicted molar refractivity (Wildman–Crippen MR) is 87.3 cm³/mol. The number of hydrogen-bond acceptors (Lipinski definition) is 4. The lowest BCUT2D eigenvalue weighted by Gasteiger charge is -2.25. The average molecular weight is 309 g/mol. The summed E-state index contributed by atoms with van der Waals surface area (Å²) in [4.78, 5) is 14.2. The summed E-state index contributed by atoms with van der Waals surface area (Å²) < 4.78 is 0. The van der Waals surface area contributed by atoms with Gasteiger partial charge in [0, 0.05) is 30.6 Å². The van der Waals surface area contributed by atoms with Crippen LogP contribution in [-0.2, 0) is 0 Å². The summed E-state index contributed by atoms with van der Waals surface area (Å²) >= 11 is 6.32. The molecule has 2 aliphatic heterocycles. The summed E-state index contributed by atoms with van der Waals surface area (Å²) in [5.74, 6) is 2.20. The van der Waals surface area contributed by atoms with Crippen molar-refractivity contribution in [2.75, 3.05) is 31.1 Å². The molecule has 2 aliphatic rings. The zero-order valence-electron chi connectivity index (χ0n) is 13.3. The Morgan fingerprint density at radius 2 is 1.86 bits per heavy atom. The summed E-state index contributed by atoms with van der Waals surface area (Å²) in [5, 5.41) is 0.605. The second-order valence-corrected chi connectivity index (χ2v) is 6.97. The summed E-state index contributed by atoms with van der Waals surface area (Å²) in [6.45, 7) is 10.9. The Kier molecular flexibility index (Phi) is 4.36. The van der Waals surface area contributed by atoms with Crippen molar-refractivity contribution in [3.05, 3.63) is 16.5 Å². The van der Waals surface area contributed by atoms with Crippen LogP contribution in [0.25, 0.3) is 0 Å². The molecule has 0 saturated carbocycles.